The second kappa shape index (κ2) is 7.06. The Hall–Kier alpha value is -2.05. The molecule has 1 aromatic heterocycles. The van der Waals surface area contributed by atoms with E-state index in [1.54, 1.807) is 21.5 Å². The van der Waals surface area contributed by atoms with E-state index in [2.05, 4.69) is 32.9 Å². The first kappa shape index (κ1) is 17.8. The number of aromatic hydroxyl groups is 1. The maximum Gasteiger partial charge on any atom is 0.278 e. The van der Waals surface area contributed by atoms with Gasteiger partial charge in [0.25, 0.3) is 5.56 Å². The van der Waals surface area contributed by atoms with Crippen LogP contribution in [-0.2, 0) is 30.8 Å². The van der Waals surface area contributed by atoms with E-state index < -0.39 is 0 Å². The lowest BCUT2D eigenvalue weighted by Gasteiger charge is -2.16. The van der Waals surface area contributed by atoms with Crippen LogP contribution in [0.3, 0.4) is 0 Å². The predicted octanol–water partition coefficient (Wildman–Crippen LogP) is 2.33. The van der Waals surface area contributed by atoms with Crippen LogP contribution in [0.4, 0.5) is 0 Å². The maximum atomic E-state index is 13.1. The number of aryl methyl sites for hydroxylation is 3. The van der Waals surface area contributed by atoms with Crippen molar-refractivity contribution in [3.05, 3.63) is 39.2 Å². The van der Waals surface area contributed by atoms with Crippen LogP contribution in [0.15, 0.2) is 16.9 Å². The molecule has 0 saturated heterocycles. The first-order valence-electron chi connectivity index (χ1n) is 8.96. The summed E-state index contributed by atoms with van der Waals surface area (Å²) in [7, 11) is 1.63. The fourth-order valence-electron chi connectivity index (χ4n) is 3.77. The topological polar surface area (TPSA) is 59.6 Å². The molecule has 0 aliphatic carbocycles. The average Bonchev–Trinajstić information content (AvgIpc) is 2.77. The third-order valence-electron chi connectivity index (χ3n) is 5.05. The summed E-state index contributed by atoms with van der Waals surface area (Å²) >= 11 is 0. The summed E-state index contributed by atoms with van der Waals surface area (Å²) in [6, 6.07) is 4.24. The molecule has 2 aromatic rings. The Kier molecular flexibility index (Phi) is 5.01. The van der Waals surface area contributed by atoms with E-state index in [-0.39, 0.29) is 11.4 Å². The van der Waals surface area contributed by atoms with E-state index in [0.29, 0.717) is 31.7 Å². The normalized spacial score (nSPS) is 15.2. The zero-order chi connectivity index (χ0) is 18.1. The van der Waals surface area contributed by atoms with Crippen LogP contribution >= 0.6 is 0 Å². The molecule has 6 nitrogen and oxygen atoms in total. The van der Waals surface area contributed by atoms with Crippen LogP contribution < -0.4 is 5.56 Å². The van der Waals surface area contributed by atoms with E-state index in [1.807, 2.05) is 0 Å². The van der Waals surface area contributed by atoms with Gasteiger partial charge in [0.2, 0.25) is 5.88 Å². The Morgan fingerprint density at radius 3 is 2.08 bits per heavy atom. The van der Waals surface area contributed by atoms with Crippen LogP contribution in [0.1, 0.15) is 30.5 Å². The van der Waals surface area contributed by atoms with E-state index in [1.165, 1.54) is 5.56 Å². The standard InChI is InChI=1S/C19H27N3O3/c1-5-14-11-13(3)12-15(6-2)16(14)17-18(23)21-9-7-20(25-4)8-10-22(21)19(17)24/h11-12,23H,5-10H2,1-4H3. The van der Waals surface area contributed by atoms with E-state index in [0.717, 1.165) is 29.5 Å². The molecular weight excluding hydrogens is 318 g/mol. The predicted molar refractivity (Wildman–Crippen MR) is 97.9 cm³/mol. The molecule has 136 valence electrons. The molecule has 0 radical (unpaired) electrons. The molecule has 1 aromatic carbocycles. The molecule has 1 aliphatic heterocycles. The van der Waals surface area contributed by atoms with Crippen molar-refractivity contribution in [3.8, 4) is 17.0 Å². The Morgan fingerprint density at radius 2 is 1.56 bits per heavy atom. The van der Waals surface area contributed by atoms with Gasteiger partial charge in [0.1, 0.15) is 5.56 Å². The zero-order valence-corrected chi connectivity index (χ0v) is 15.5. The lowest BCUT2D eigenvalue weighted by molar-refractivity contribution is -0.130. The largest absolute Gasteiger partial charge is 0.493 e. The van der Waals surface area contributed by atoms with Crippen molar-refractivity contribution < 1.29 is 9.94 Å². The molecule has 0 atom stereocenters. The van der Waals surface area contributed by atoms with Gasteiger partial charge < -0.3 is 9.94 Å². The van der Waals surface area contributed by atoms with Crippen LogP contribution in [0.25, 0.3) is 11.1 Å². The Bertz CT molecular complexity index is 810. The Morgan fingerprint density at radius 1 is 1.00 bits per heavy atom. The van der Waals surface area contributed by atoms with Crippen molar-refractivity contribution in [1.29, 1.82) is 0 Å². The van der Waals surface area contributed by atoms with Crippen molar-refractivity contribution in [2.45, 2.75) is 46.7 Å². The minimum Gasteiger partial charge on any atom is -0.493 e. The number of benzene rings is 1. The molecule has 0 spiro atoms. The molecule has 0 bridgehead atoms. The number of hydrogen-bond donors (Lipinski definition) is 1. The monoisotopic (exact) mass is 345 g/mol. The van der Waals surface area contributed by atoms with Crippen LogP contribution in [0.5, 0.6) is 5.88 Å². The number of hydrogen-bond acceptors (Lipinski definition) is 4. The molecular formula is C19H27N3O3. The van der Waals surface area contributed by atoms with E-state index >= 15 is 0 Å². The van der Waals surface area contributed by atoms with Crippen LogP contribution in [0.2, 0.25) is 0 Å². The third kappa shape index (κ3) is 3.00. The summed E-state index contributed by atoms with van der Waals surface area (Å²) in [5, 5.41) is 12.7. The van der Waals surface area contributed by atoms with Gasteiger partial charge >= 0.3 is 0 Å². The number of nitrogens with zero attached hydrogens (tertiary/aromatic N) is 3. The molecule has 0 amide bonds. The highest BCUT2D eigenvalue weighted by Crippen LogP contribution is 2.34. The van der Waals surface area contributed by atoms with Crippen LogP contribution in [-0.4, -0.2) is 39.7 Å². The summed E-state index contributed by atoms with van der Waals surface area (Å²) in [4.78, 5) is 18.4. The van der Waals surface area contributed by atoms with Gasteiger partial charge in [-0.25, -0.2) is 9.36 Å². The second-order valence-electron chi connectivity index (χ2n) is 6.53. The van der Waals surface area contributed by atoms with Crippen LogP contribution in [0, 0.1) is 6.92 Å². The quantitative estimate of drug-likeness (QED) is 0.924. The number of fused-ring (bicyclic) bond motifs is 1. The van der Waals surface area contributed by atoms with Gasteiger partial charge in [-0.3, -0.25) is 4.79 Å². The molecule has 1 N–H and O–H groups in total. The van der Waals surface area contributed by atoms with Gasteiger partial charge in [-0.2, -0.15) is 5.06 Å². The summed E-state index contributed by atoms with van der Waals surface area (Å²) in [5.41, 5.74) is 4.65. The number of rotatable bonds is 4. The summed E-state index contributed by atoms with van der Waals surface area (Å²) in [6.07, 6.45) is 1.65. The number of aromatic nitrogens is 2. The summed E-state index contributed by atoms with van der Waals surface area (Å²) in [6.45, 7) is 8.51. The molecule has 0 saturated carbocycles. The minimum atomic E-state index is -0.122. The molecule has 1 aliphatic rings. The lowest BCUT2D eigenvalue weighted by atomic mass is 9.91. The summed E-state index contributed by atoms with van der Waals surface area (Å²) < 4.78 is 3.33. The highest BCUT2D eigenvalue weighted by molar-refractivity contribution is 5.75. The van der Waals surface area contributed by atoms with Crippen molar-refractivity contribution >= 4 is 0 Å². The van der Waals surface area contributed by atoms with Crippen molar-refractivity contribution in [1.82, 2.24) is 14.4 Å². The number of hydroxylamine groups is 2. The zero-order valence-electron chi connectivity index (χ0n) is 15.5. The smallest absolute Gasteiger partial charge is 0.278 e. The van der Waals surface area contributed by atoms with Crippen molar-refractivity contribution in [2.24, 2.45) is 0 Å². The highest BCUT2D eigenvalue weighted by Gasteiger charge is 2.26. The maximum absolute atomic E-state index is 13.1. The summed E-state index contributed by atoms with van der Waals surface area (Å²) in [5.74, 6) is 0.0659. The molecule has 25 heavy (non-hydrogen) atoms. The fourth-order valence-corrected chi connectivity index (χ4v) is 3.77. The van der Waals surface area contributed by atoms with Gasteiger partial charge in [0, 0.05) is 13.1 Å². The molecule has 0 fully saturated rings. The molecule has 0 unspecified atom stereocenters. The van der Waals surface area contributed by atoms with Crippen molar-refractivity contribution in [2.75, 3.05) is 20.2 Å². The average molecular weight is 345 g/mol. The third-order valence-corrected chi connectivity index (χ3v) is 5.05. The molecule has 3 rings (SSSR count). The first-order valence-corrected chi connectivity index (χ1v) is 8.96. The van der Waals surface area contributed by atoms with Gasteiger partial charge in [0.05, 0.1) is 20.2 Å². The Balaban J connectivity index is 2.20. The molecule has 6 heteroatoms. The molecule has 2 heterocycles. The van der Waals surface area contributed by atoms with E-state index in [9.17, 15) is 9.90 Å². The van der Waals surface area contributed by atoms with Gasteiger partial charge in [-0.15, -0.1) is 0 Å². The highest BCUT2D eigenvalue weighted by atomic mass is 16.7. The van der Waals surface area contributed by atoms with E-state index in [4.69, 9.17) is 4.84 Å². The second-order valence-corrected chi connectivity index (χ2v) is 6.53. The SMILES string of the molecule is CCc1cc(C)cc(CC)c1-c1c(O)n2n(c1=O)CCN(OC)CC2. The minimum absolute atomic E-state index is 0.0659. The lowest BCUT2D eigenvalue weighted by Crippen LogP contribution is -2.27. The van der Waals surface area contributed by atoms with Gasteiger partial charge in [0.15, 0.2) is 0 Å². The Labute approximate surface area is 148 Å². The first-order chi connectivity index (χ1) is 12.0. The van der Waals surface area contributed by atoms with Crippen molar-refractivity contribution in [3.63, 3.8) is 0 Å². The van der Waals surface area contributed by atoms with Gasteiger partial charge in [-0.05, 0) is 36.5 Å². The van der Waals surface area contributed by atoms with Gasteiger partial charge in [-0.1, -0.05) is 31.5 Å². The fraction of sp³-hybridized carbons (Fsp3) is 0.526.